The molecular weight excluding hydrogens is 397 g/mol. The zero-order valence-corrected chi connectivity index (χ0v) is 14.5. The minimum absolute atomic E-state index is 0.302. The van der Waals surface area contributed by atoms with Crippen molar-refractivity contribution in [1.29, 1.82) is 0 Å². The average Bonchev–Trinajstić information content (AvgIpc) is 2.86. The number of hydrogen-bond donors (Lipinski definition) is 0. The molecule has 3 rings (SSSR count). The van der Waals surface area contributed by atoms with E-state index in [2.05, 4.69) is 32.9 Å². The molecule has 2 heterocycles. The van der Waals surface area contributed by atoms with E-state index >= 15 is 0 Å². The van der Waals surface area contributed by atoms with Crippen molar-refractivity contribution in [2.24, 2.45) is 0 Å². The highest BCUT2D eigenvalue weighted by Gasteiger charge is 2.36. The normalized spacial score (nSPS) is 17.2. The molecule has 6 nitrogen and oxygen atoms in total. The number of hydrogen-bond acceptors (Lipinski definition) is 5. The zero-order chi connectivity index (χ0) is 15.9. The lowest BCUT2D eigenvalue weighted by Crippen LogP contribution is -2.35. The van der Waals surface area contributed by atoms with Crippen LogP contribution >= 0.6 is 22.6 Å². The lowest BCUT2D eigenvalue weighted by molar-refractivity contribution is -0.202. The second-order valence-electron chi connectivity index (χ2n) is 5.35. The zero-order valence-electron chi connectivity index (χ0n) is 12.3. The fourth-order valence-electron chi connectivity index (χ4n) is 2.24. The summed E-state index contributed by atoms with van der Waals surface area (Å²) in [5, 5.41) is 8.12. The van der Waals surface area contributed by atoms with Gasteiger partial charge in [-0.2, -0.15) is 0 Å². The van der Waals surface area contributed by atoms with Crippen LogP contribution in [0.1, 0.15) is 26.5 Å². The highest BCUT2D eigenvalue weighted by Crippen LogP contribution is 2.31. The molecule has 0 atom stereocenters. The van der Waals surface area contributed by atoms with Crippen LogP contribution in [0.15, 0.2) is 36.2 Å². The van der Waals surface area contributed by atoms with Gasteiger partial charge in [0.05, 0.1) is 11.9 Å². The van der Waals surface area contributed by atoms with Crippen LogP contribution in [-0.4, -0.2) is 26.8 Å². The Morgan fingerprint density at radius 2 is 1.86 bits per heavy atom. The molecule has 114 valence electrons. The maximum atomic E-state index is 12.2. The molecule has 0 amide bonds. The van der Waals surface area contributed by atoms with Gasteiger partial charge in [-0.05, 0) is 53.8 Å². The van der Waals surface area contributed by atoms with Gasteiger partial charge in [0, 0.05) is 17.4 Å². The number of carbonyl (C=O) groups excluding carboxylic acids is 1. The van der Waals surface area contributed by atoms with Crippen LogP contribution in [0, 0.1) is 3.57 Å². The van der Waals surface area contributed by atoms with Crippen LogP contribution in [0.2, 0.25) is 0 Å². The van der Waals surface area contributed by atoms with E-state index in [1.807, 2.05) is 24.3 Å². The summed E-state index contributed by atoms with van der Waals surface area (Å²) < 4.78 is 13.6. The Morgan fingerprint density at radius 3 is 2.50 bits per heavy atom. The van der Waals surface area contributed by atoms with Crippen molar-refractivity contribution in [3.63, 3.8) is 0 Å². The van der Waals surface area contributed by atoms with Gasteiger partial charge in [0.1, 0.15) is 17.0 Å². The molecule has 0 aliphatic carbocycles. The number of esters is 1. The van der Waals surface area contributed by atoms with Crippen molar-refractivity contribution in [3.05, 3.63) is 45.5 Å². The van der Waals surface area contributed by atoms with E-state index in [-0.39, 0.29) is 0 Å². The summed E-state index contributed by atoms with van der Waals surface area (Å²) in [7, 11) is 0. The first-order chi connectivity index (χ1) is 10.4. The number of carbonyl (C=O) groups is 1. The minimum atomic E-state index is -0.962. The maximum absolute atomic E-state index is 12.2. The maximum Gasteiger partial charge on any atom is 0.347 e. The molecule has 0 saturated heterocycles. The molecule has 0 N–H and O–H groups in total. The van der Waals surface area contributed by atoms with E-state index in [0.717, 1.165) is 9.26 Å². The fourth-order valence-corrected chi connectivity index (χ4v) is 2.60. The number of benzene rings is 1. The molecule has 0 fully saturated rings. The van der Waals surface area contributed by atoms with Gasteiger partial charge >= 0.3 is 5.97 Å². The predicted molar refractivity (Wildman–Crippen MR) is 87.9 cm³/mol. The summed E-state index contributed by atoms with van der Waals surface area (Å²) in [4.78, 5) is 12.2. The second-order valence-corrected chi connectivity index (χ2v) is 6.59. The number of halogens is 1. The van der Waals surface area contributed by atoms with Gasteiger partial charge in [-0.15, -0.1) is 5.10 Å². The summed E-state index contributed by atoms with van der Waals surface area (Å²) in [5.41, 5.74) is 1.59. The van der Waals surface area contributed by atoms with E-state index in [1.54, 1.807) is 31.6 Å². The summed E-state index contributed by atoms with van der Waals surface area (Å²) in [6, 6.07) is 7.81. The molecule has 0 radical (unpaired) electrons. The van der Waals surface area contributed by atoms with Crippen molar-refractivity contribution in [3.8, 4) is 5.69 Å². The van der Waals surface area contributed by atoms with Crippen LogP contribution in [0.25, 0.3) is 11.3 Å². The Labute approximate surface area is 141 Å². The van der Waals surface area contributed by atoms with Crippen LogP contribution in [0.4, 0.5) is 0 Å². The Balaban J connectivity index is 1.97. The molecule has 1 aliphatic rings. The standard InChI is InChI=1S/C15H14IN3O3/c1-9-13(14(20)22-15(2,3)21-9)12-8-19(18-17-12)11-6-4-10(16)5-7-11/h4-8H,1-3H3. The summed E-state index contributed by atoms with van der Waals surface area (Å²) in [6.45, 7) is 5.10. The van der Waals surface area contributed by atoms with E-state index in [0.29, 0.717) is 17.0 Å². The molecule has 7 heteroatoms. The van der Waals surface area contributed by atoms with Crippen molar-refractivity contribution < 1.29 is 14.3 Å². The summed E-state index contributed by atoms with van der Waals surface area (Å²) in [5.74, 6) is -0.934. The first-order valence-electron chi connectivity index (χ1n) is 6.68. The van der Waals surface area contributed by atoms with Gasteiger partial charge in [-0.25, -0.2) is 9.48 Å². The van der Waals surface area contributed by atoms with Gasteiger partial charge in [0.25, 0.3) is 0 Å². The number of ether oxygens (including phenoxy) is 2. The number of cyclic esters (lactones) is 1. The van der Waals surface area contributed by atoms with E-state index in [1.165, 1.54) is 0 Å². The first-order valence-corrected chi connectivity index (χ1v) is 7.75. The van der Waals surface area contributed by atoms with E-state index < -0.39 is 11.8 Å². The topological polar surface area (TPSA) is 66.2 Å². The molecule has 0 bridgehead atoms. The van der Waals surface area contributed by atoms with Crippen molar-refractivity contribution in [2.45, 2.75) is 26.6 Å². The van der Waals surface area contributed by atoms with Crippen molar-refractivity contribution in [2.75, 3.05) is 0 Å². The quantitative estimate of drug-likeness (QED) is 0.562. The van der Waals surface area contributed by atoms with E-state index in [9.17, 15) is 4.79 Å². The van der Waals surface area contributed by atoms with Crippen molar-refractivity contribution in [1.82, 2.24) is 15.0 Å². The number of rotatable bonds is 2. The van der Waals surface area contributed by atoms with Crippen LogP contribution in [0.3, 0.4) is 0 Å². The molecule has 0 saturated carbocycles. The highest BCUT2D eigenvalue weighted by molar-refractivity contribution is 14.1. The Kier molecular flexibility index (Phi) is 3.67. The predicted octanol–water partition coefficient (Wildman–Crippen LogP) is 2.91. The molecule has 1 aromatic carbocycles. The number of allylic oxidation sites excluding steroid dienone is 1. The number of nitrogens with zero attached hydrogens (tertiary/aromatic N) is 3. The van der Waals surface area contributed by atoms with Gasteiger partial charge in [0.2, 0.25) is 5.79 Å². The third kappa shape index (κ3) is 2.85. The Hall–Kier alpha value is -1.90. The average molecular weight is 411 g/mol. The van der Waals surface area contributed by atoms with E-state index in [4.69, 9.17) is 9.47 Å². The van der Waals surface area contributed by atoms with Gasteiger partial charge in [0.15, 0.2) is 0 Å². The minimum Gasteiger partial charge on any atom is -0.456 e. The van der Waals surface area contributed by atoms with Gasteiger partial charge in [-0.1, -0.05) is 5.21 Å². The molecule has 0 unspecified atom stereocenters. The first kappa shape index (κ1) is 15.0. The fraction of sp³-hybridized carbons (Fsp3) is 0.267. The Morgan fingerprint density at radius 1 is 1.18 bits per heavy atom. The summed E-state index contributed by atoms with van der Waals surface area (Å²) in [6.07, 6.45) is 1.68. The Bertz CT molecular complexity index is 763. The van der Waals surface area contributed by atoms with Gasteiger partial charge in [-0.3, -0.25) is 0 Å². The molecule has 1 aliphatic heterocycles. The van der Waals surface area contributed by atoms with Crippen molar-refractivity contribution >= 4 is 34.1 Å². The molecule has 22 heavy (non-hydrogen) atoms. The third-order valence-electron chi connectivity index (χ3n) is 3.13. The lowest BCUT2D eigenvalue weighted by Gasteiger charge is -2.31. The largest absolute Gasteiger partial charge is 0.456 e. The molecule has 2 aromatic rings. The van der Waals surface area contributed by atoms with Crippen LogP contribution in [-0.2, 0) is 14.3 Å². The third-order valence-corrected chi connectivity index (χ3v) is 3.85. The lowest BCUT2D eigenvalue weighted by atomic mass is 10.1. The van der Waals surface area contributed by atoms with Gasteiger partial charge < -0.3 is 9.47 Å². The van der Waals surface area contributed by atoms with Crippen LogP contribution in [0.5, 0.6) is 0 Å². The van der Waals surface area contributed by atoms with Crippen LogP contribution < -0.4 is 0 Å². The SMILES string of the molecule is CC1=C(c2cn(-c3ccc(I)cc3)nn2)C(=O)OC(C)(C)O1. The molecular formula is C15H14IN3O3. The number of aromatic nitrogens is 3. The highest BCUT2D eigenvalue weighted by atomic mass is 127. The monoisotopic (exact) mass is 411 g/mol. The smallest absolute Gasteiger partial charge is 0.347 e. The molecule has 0 spiro atoms. The summed E-state index contributed by atoms with van der Waals surface area (Å²) >= 11 is 2.23. The second kappa shape index (κ2) is 5.38. The molecule has 1 aromatic heterocycles.